The lowest BCUT2D eigenvalue weighted by Gasteiger charge is -2.01. The first-order chi connectivity index (χ1) is 7.29. The van der Waals surface area contributed by atoms with E-state index in [0.29, 0.717) is 5.95 Å². The normalized spacial score (nSPS) is 10.7. The number of nitrogens with two attached hydrogens (primary N) is 1. The summed E-state index contributed by atoms with van der Waals surface area (Å²) in [4.78, 5) is 3.97. The molecule has 0 fully saturated rings. The van der Waals surface area contributed by atoms with Crippen molar-refractivity contribution in [3.05, 3.63) is 30.4 Å². The Hall–Kier alpha value is -1.78. The van der Waals surface area contributed by atoms with Crippen molar-refractivity contribution in [3.63, 3.8) is 0 Å². The molecule has 0 unspecified atom stereocenters. The third kappa shape index (κ3) is 2.18. The summed E-state index contributed by atoms with van der Waals surface area (Å²) in [6.45, 7) is 3.82. The number of imidazole rings is 1. The highest BCUT2D eigenvalue weighted by atomic mass is 15.3. The number of anilines is 1. The maximum Gasteiger partial charge on any atom is 0.200 e. The fourth-order valence-corrected chi connectivity index (χ4v) is 1.51. The van der Waals surface area contributed by atoms with Crippen LogP contribution in [0.15, 0.2) is 24.8 Å². The van der Waals surface area contributed by atoms with E-state index >= 15 is 0 Å². The standard InChI is InChI=1S/C10H15N5/c1-2-4-15-8-9(6-13-15)7-14-5-3-12-10(14)11/h3,5-6,8H,2,4,7H2,1H3,(H2,11,12). The first kappa shape index (κ1) is 9.76. The van der Waals surface area contributed by atoms with Crippen molar-refractivity contribution in [2.75, 3.05) is 5.73 Å². The first-order valence-corrected chi connectivity index (χ1v) is 5.07. The predicted octanol–water partition coefficient (Wildman–Crippen LogP) is 1.12. The Balaban J connectivity index is 2.08. The van der Waals surface area contributed by atoms with Gasteiger partial charge in [-0.15, -0.1) is 0 Å². The van der Waals surface area contributed by atoms with E-state index in [-0.39, 0.29) is 0 Å². The third-order valence-electron chi connectivity index (χ3n) is 2.24. The zero-order valence-electron chi connectivity index (χ0n) is 8.80. The minimum Gasteiger partial charge on any atom is -0.369 e. The quantitative estimate of drug-likeness (QED) is 0.813. The van der Waals surface area contributed by atoms with Crippen LogP contribution in [0, 0.1) is 0 Å². The molecule has 0 saturated heterocycles. The van der Waals surface area contributed by atoms with Crippen LogP contribution in [0.3, 0.4) is 0 Å². The Morgan fingerprint density at radius 2 is 2.33 bits per heavy atom. The van der Waals surface area contributed by atoms with Crippen molar-refractivity contribution >= 4 is 5.95 Å². The molecule has 2 heterocycles. The van der Waals surface area contributed by atoms with Gasteiger partial charge < -0.3 is 10.3 Å². The molecule has 0 amide bonds. The topological polar surface area (TPSA) is 61.7 Å². The second kappa shape index (κ2) is 4.16. The van der Waals surface area contributed by atoms with Crippen LogP contribution in [-0.4, -0.2) is 19.3 Å². The summed E-state index contributed by atoms with van der Waals surface area (Å²) in [5.74, 6) is 0.540. The maximum atomic E-state index is 5.68. The molecule has 0 aliphatic carbocycles. The maximum absolute atomic E-state index is 5.68. The van der Waals surface area contributed by atoms with E-state index in [0.717, 1.165) is 25.1 Å². The summed E-state index contributed by atoms with van der Waals surface area (Å²) in [6, 6.07) is 0. The van der Waals surface area contributed by atoms with Crippen LogP contribution < -0.4 is 5.73 Å². The van der Waals surface area contributed by atoms with E-state index < -0.39 is 0 Å². The van der Waals surface area contributed by atoms with Crippen LogP contribution in [0.5, 0.6) is 0 Å². The van der Waals surface area contributed by atoms with E-state index in [1.54, 1.807) is 6.20 Å². The Labute approximate surface area is 88.5 Å². The minimum atomic E-state index is 0.540. The molecule has 2 rings (SSSR count). The smallest absolute Gasteiger partial charge is 0.200 e. The second-order valence-corrected chi connectivity index (χ2v) is 3.52. The van der Waals surface area contributed by atoms with Gasteiger partial charge in [0.25, 0.3) is 0 Å². The molecule has 0 saturated carbocycles. The molecule has 2 aromatic heterocycles. The number of aromatic nitrogens is 4. The average molecular weight is 205 g/mol. The van der Waals surface area contributed by atoms with Crippen LogP contribution >= 0.6 is 0 Å². The van der Waals surface area contributed by atoms with Crippen LogP contribution in [0.4, 0.5) is 5.95 Å². The second-order valence-electron chi connectivity index (χ2n) is 3.52. The van der Waals surface area contributed by atoms with E-state index in [1.165, 1.54) is 0 Å². The summed E-state index contributed by atoms with van der Waals surface area (Å²) < 4.78 is 3.84. The third-order valence-corrected chi connectivity index (χ3v) is 2.24. The zero-order valence-corrected chi connectivity index (χ0v) is 8.80. The number of nitrogen functional groups attached to an aromatic ring is 1. The lowest BCUT2D eigenvalue weighted by atomic mass is 10.3. The molecule has 2 N–H and O–H groups in total. The minimum absolute atomic E-state index is 0.540. The van der Waals surface area contributed by atoms with Gasteiger partial charge in [-0.2, -0.15) is 5.10 Å². The fourth-order valence-electron chi connectivity index (χ4n) is 1.51. The summed E-state index contributed by atoms with van der Waals surface area (Å²) >= 11 is 0. The van der Waals surface area contributed by atoms with Crippen LogP contribution in [0.1, 0.15) is 18.9 Å². The number of hydrogen-bond acceptors (Lipinski definition) is 3. The van der Waals surface area contributed by atoms with Crippen LogP contribution in [0.25, 0.3) is 0 Å². The summed E-state index contributed by atoms with van der Waals surface area (Å²) in [5.41, 5.74) is 6.82. The molecule has 0 atom stereocenters. The van der Waals surface area contributed by atoms with Crippen molar-refractivity contribution in [2.45, 2.75) is 26.4 Å². The monoisotopic (exact) mass is 205 g/mol. The van der Waals surface area contributed by atoms with Crippen molar-refractivity contribution in [3.8, 4) is 0 Å². The van der Waals surface area contributed by atoms with E-state index in [9.17, 15) is 0 Å². The Morgan fingerprint density at radius 1 is 1.47 bits per heavy atom. The van der Waals surface area contributed by atoms with Gasteiger partial charge in [-0.25, -0.2) is 4.98 Å². The highest BCUT2D eigenvalue weighted by molar-refractivity contribution is 5.19. The molecule has 2 aromatic rings. The molecule has 5 heteroatoms. The zero-order chi connectivity index (χ0) is 10.7. The molecule has 0 aliphatic rings. The number of nitrogens with zero attached hydrogens (tertiary/aromatic N) is 4. The number of aryl methyl sites for hydroxylation is 1. The van der Waals surface area contributed by atoms with Crippen molar-refractivity contribution in [2.24, 2.45) is 0 Å². The molecular weight excluding hydrogens is 190 g/mol. The molecule has 15 heavy (non-hydrogen) atoms. The van der Waals surface area contributed by atoms with Crippen molar-refractivity contribution in [1.82, 2.24) is 19.3 Å². The van der Waals surface area contributed by atoms with Gasteiger partial charge in [-0.05, 0) is 6.42 Å². The molecule has 0 spiro atoms. The highest BCUT2D eigenvalue weighted by Crippen LogP contribution is 2.05. The number of rotatable bonds is 4. The van der Waals surface area contributed by atoms with Crippen LogP contribution in [-0.2, 0) is 13.1 Å². The predicted molar refractivity (Wildman–Crippen MR) is 58.3 cm³/mol. The fraction of sp³-hybridized carbons (Fsp3) is 0.400. The summed E-state index contributed by atoms with van der Waals surface area (Å²) in [5, 5.41) is 4.26. The molecule has 0 aromatic carbocycles. The van der Waals surface area contributed by atoms with Gasteiger partial charge in [-0.1, -0.05) is 6.92 Å². The van der Waals surface area contributed by atoms with Crippen molar-refractivity contribution in [1.29, 1.82) is 0 Å². The van der Waals surface area contributed by atoms with E-state index in [2.05, 4.69) is 17.0 Å². The van der Waals surface area contributed by atoms with Gasteiger partial charge in [0.1, 0.15) is 0 Å². The Morgan fingerprint density at radius 3 is 3.00 bits per heavy atom. The molecular formula is C10H15N5. The number of hydrogen-bond donors (Lipinski definition) is 1. The van der Waals surface area contributed by atoms with Gasteiger partial charge in [0.15, 0.2) is 5.95 Å². The molecule has 80 valence electrons. The lowest BCUT2D eigenvalue weighted by Crippen LogP contribution is -2.03. The summed E-state index contributed by atoms with van der Waals surface area (Å²) in [6.07, 6.45) is 8.57. The highest BCUT2D eigenvalue weighted by Gasteiger charge is 2.01. The van der Waals surface area contributed by atoms with Gasteiger partial charge in [0, 0.05) is 30.7 Å². The molecule has 0 aliphatic heterocycles. The molecule has 5 nitrogen and oxygen atoms in total. The van der Waals surface area contributed by atoms with E-state index in [4.69, 9.17) is 5.73 Å². The lowest BCUT2D eigenvalue weighted by molar-refractivity contribution is 0.602. The Bertz CT molecular complexity index is 428. The molecule has 0 bridgehead atoms. The Kier molecular flexibility index (Phi) is 2.71. The molecule has 0 radical (unpaired) electrons. The van der Waals surface area contributed by atoms with Crippen molar-refractivity contribution < 1.29 is 0 Å². The summed E-state index contributed by atoms with van der Waals surface area (Å²) in [7, 11) is 0. The van der Waals surface area contributed by atoms with Gasteiger partial charge in [-0.3, -0.25) is 4.68 Å². The largest absolute Gasteiger partial charge is 0.369 e. The van der Waals surface area contributed by atoms with E-state index in [1.807, 2.05) is 27.8 Å². The van der Waals surface area contributed by atoms with Gasteiger partial charge >= 0.3 is 0 Å². The SMILES string of the molecule is CCCn1cc(Cn2ccnc2N)cn1. The van der Waals surface area contributed by atoms with Crippen LogP contribution in [0.2, 0.25) is 0 Å². The average Bonchev–Trinajstić information content (AvgIpc) is 2.79. The van der Waals surface area contributed by atoms with Gasteiger partial charge in [0.2, 0.25) is 0 Å². The first-order valence-electron chi connectivity index (χ1n) is 5.07. The van der Waals surface area contributed by atoms with Gasteiger partial charge in [0.05, 0.1) is 12.7 Å².